The van der Waals surface area contributed by atoms with Crippen molar-refractivity contribution in [1.82, 2.24) is 15.0 Å². The number of thiophene rings is 1. The van der Waals surface area contributed by atoms with E-state index in [1.165, 1.54) is 11.3 Å². The molecule has 0 fully saturated rings. The number of nitrogens with zero attached hydrogens (tertiary/aromatic N) is 3. The molecule has 56 heavy (non-hydrogen) atoms. The maximum absolute atomic E-state index is 9.76. The molecule has 0 radical (unpaired) electrons. The SMILES string of the molecule is [2H]c1c([2H])c([2H])c2c(sc3c([2H])c(-c4nc(-c5ccccc5)nc(-c5ccc6oc7ccccc7c6c5)n4)c([2H])c([2H])c32)c1-c1cc(-c2ccccc2)cc(-c2ccccc2)c1. The van der Waals surface area contributed by atoms with Crippen molar-refractivity contribution in [2.45, 2.75) is 0 Å². The van der Waals surface area contributed by atoms with Gasteiger partial charge in [-0.2, -0.15) is 0 Å². The van der Waals surface area contributed by atoms with Crippen molar-refractivity contribution < 1.29 is 12.6 Å². The quantitative estimate of drug-likeness (QED) is 0.170. The van der Waals surface area contributed by atoms with Gasteiger partial charge in [-0.25, -0.2) is 15.0 Å². The summed E-state index contributed by atoms with van der Waals surface area (Å²) in [5, 5.41) is 2.33. The van der Waals surface area contributed by atoms with Gasteiger partial charge in [-0.3, -0.25) is 0 Å². The Morgan fingerprint density at radius 2 is 1.00 bits per heavy atom. The molecule has 0 aliphatic heterocycles. The Kier molecular flexibility index (Phi) is 6.29. The van der Waals surface area contributed by atoms with Crippen molar-refractivity contribution in [3.05, 3.63) is 188 Å². The van der Waals surface area contributed by atoms with Crippen LogP contribution in [0.5, 0.6) is 0 Å². The number of fused-ring (bicyclic) bond motifs is 6. The molecule has 5 heteroatoms. The highest BCUT2D eigenvalue weighted by Crippen LogP contribution is 2.43. The zero-order valence-electron chi connectivity index (χ0n) is 35.6. The van der Waals surface area contributed by atoms with Crippen molar-refractivity contribution in [1.29, 1.82) is 0 Å². The van der Waals surface area contributed by atoms with Gasteiger partial charge in [-0.05, 0) is 81.9 Å². The van der Waals surface area contributed by atoms with Crippen LogP contribution in [0.4, 0.5) is 0 Å². The van der Waals surface area contributed by atoms with Crippen LogP contribution in [0, 0.1) is 0 Å². The van der Waals surface area contributed by atoms with Gasteiger partial charge < -0.3 is 4.42 Å². The van der Waals surface area contributed by atoms with E-state index < -0.39 is 0 Å². The Morgan fingerprint density at radius 1 is 0.411 bits per heavy atom. The molecular weight excluding hydrogens is 703 g/mol. The van der Waals surface area contributed by atoms with E-state index in [1.54, 1.807) is 0 Å². The summed E-state index contributed by atoms with van der Waals surface area (Å²) >= 11 is 1.19. The van der Waals surface area contributed by atoms with E-state index in [-0.39, 0.29) is 58.4 Å². The van der Waals surface area contributed by atoms with E-state index in [4.69, 9.17) is 20.7 Å². The minimum atomic E-state index is -0.294. The van der Waals surface area contributed by atoms with E-state index in [0.717, 1.165) is 38.6 Å². The number of rotatable bonds is 6. The van der Waals surface area contributed by atoms with Crippen LogP contribution in [0.2, 0.25) is 0 Å². The molecule has 3 heterocycles. The molecule has 0 aliphatic carbocycles. The molecule has 11 aromatic rings. The first kappa shape index (κ1) is 26.5. The Balaban J connectivity index is 1.16. The highest BCUT2D eigenvalue weighted by molar-refractivity contribution is 7.26. The van der Waals surface area contributed by atoms with Crippen molar-refractivity contribution >= 4 is 53.4 Å². The van der Waals surface area contributed by atoms with Crippen LogP contribution < -0.4 is 0 Å². The molecule has 3 aromatic heterocycles. The molecule has 11 rings (SSSR count). The molecule has 0 saturated carbocycles. The van der Waals surface area contributed by atoms with Crippen LogP contribution >= 0.6 is 11.3 Å². The Hall–Kier alpha value is -7.21. The van der Waals surface area contributed by atoms with Gasteiger partial charge in [0.2, 0.25) is 0 Å². The van der Waals surface area contributed by atoms with Gasteiger partial charge in [0.25, 0.3) is 0 Å². The van der Waals surface area contributed by atoms with Gasteiger partial charge in [-0.15, -0.1) is 11.3 Å². The lowest BCUT2D eigenvalue weighted by molar-refractivity contribution is 0.669. The monoisotopic (exact) mass is 739 g/mol. The zero-order chi connectivity index (χ0) is 42.2. The second-order valence-electron chi connectivity index (χ2n) is 13.5. The lowest BCUT2D eigenvalue weighted by Crippen LogP contribution is -2.00. The maximum atomic E-state index is 9.76. The Bertz CT molecular complexity index is 3540. The number of hydrogen-bond donors (Lipinski definition) is 0. The van der Waals surface area contributed by atoms with Gasteiger partial charge in [-0.1, -0.05) is 139 Å². The van der Waals surface area contributed by atoms with Gasteiger partial charge in [0.05, 0.1) is 8.22 Å². The predicted molar refractivity (Wildman–Crippen MR) is 233 cm³/mol. The number of benzene rings is 8. The normalized spacial score (nSPS) is 13.1. The van der Waals surface area contributed by atoms with E-state index in [2.05, 4.69) is 6.07 Å². The largest absolute Gasteiger partial charge is 0.456 e. The second kappa shape index (κ2) is 13.3. The van der Waals surface area contributed by atoms with Crippen molar-refractivity contribution in [2.24, 2.45) is 0 Å². The van der Waals surface area contributed by atoms with Gasteiger partial charge in [0, 0.05) is 47.6 Å². The highest BCUT2D eigenvalue weighted by Gasteiger charge is 2.17. The zero-order valence-corrected chi connectivity index (χ0v) is 30.4. The summed E-state index contributed by atoms with van der Waals surface area (Å²) in [5.74, 6) is 0.722. The number of furan rings is 1. The molecule has 0 amide bonds. The minimum absolute atomic E-state index is 0.0486. The van der Waals surface area contributed by atoms with Crippen LogP contribution in [0.1, 0.15) is 8.22 Å². The van der Waals surface area contributed by atoms with Gasteiger partial charge >= 0.3 is 0 Å². The summed E-state index contributed by atoms with van der Waals surface area (Å²) in [6, 6.07) is 47.7. The lowest BCUT2D eigenvalue weighted by Gasteiger charge is -2.12. The molecule has 0 aliphatic rings. The van der Waals surface area contributed by atoms with Crippen LogP contribution in [-0.2, 0) is 0 Å². The van der Waals surface area contributed by atoms with E-state index in [1.807, 2.05) is 146 Å². The number of hydrogen-bond acceptors (Lipinski definition) is 5. The minimum Gasteiger partial charge on any atom is -0.456 e. The van der Waals surface area contributed by atoms with Crippen molar-refractivity contribution in [2.75, 3.05) is 0 Å². The Labute approximate surface area is 335 Å². The third-order valence-corrected chi connectivity index (χ3v) is 11.1. The average Bonchev–Trinajstić information content (AvgIpc) is 3.90. The number of aromatic nitrogens is 3. The standard InChI is InChI=1S/C51H31N3OS/c1-4-13-32(14-5-1)37-27-38(33-15-6-2-7-16-33)29-39(28-37)40-20-12-21-43-42-25-23-36(31-47(42)56-48(40)43)51-53-49(34-17-8-3-9-18-34)52-50(54-51)35-24-26-46-44(30-35)41-19-10-11-22-45(41)55-46/h1-31H/i12D,20D,21D,23D,25D,31D. The Morgan fingerprint density at radius 3 is 1.71 bits per heavy atom. The summed E-state index contributed by atoms with van der Waals surface area (Å²) in [7, 11) is 0. The average molecular weight is 740 g/mol. The van der Waals surface area contributed by atoms with Crippen LogP contribution in [-0.4, -0.2) is 15.0 Å². The van der Waals surface area contributed by atoms with E-state index in [9.17, 15) is 6.85 Å². The topological polar surface area (TPSA) is 51.8 Å². The third kappa shape index (κ3) is 5.65. The summed E-state index contributed by atoms with van der Waals surface area (Å²) < 4.78 is 63.3. The molecule has 8 aromatic carbocycles. The molecular formula is C51H31N3OS. The summed E-state index contributed by atoms with van der Waals surface area (Å²) in [5.41, 5.74) is 7.78. The lowest BCUT2D eigenvalue weighted by atomic mass is 9.93. The van der Waals surface area contributed by atoms with Crippen LogP contribution in [0.15, 0.2) is 192 Å². The molecule has 0 bridgehead atoms. The number of para-hydroxylation sites is 1. The van der Waals surface area contributed by atoms with Crippen molar-refractivity contribution in [3.63, 3.8) is 0 Å². The van der Waals surface area contributed by atoms with Crippen molar-refractivity contribution in [3.8, 4) is 67.5 Å². The third-order valence-electron chi connectivity index (χ3n) is 10.0. The smallest absolute Gasteiger partial charge is 0.164 e. The first-order valence-corrected chi connectivity index (χ1v) is 19.0. The van der Waals surface area contributed by atoms with Crippen LogP contribution in [0.3, 0.4) is 0 Å². The fourth-order valence-corrected chi connectivity index (χ4v) is 8.43. The van der Waals surface area contributed by atoms with Gasteiger partial charge in [0.1, 0.15) is 11.2 Å². The second-order valence-corrected chi connectivity index (χ2v) is 14.5. The first-order valence-electron chi connectivity index (χ1n) is 21.2. The molecule has 0 atom stereocenters. The fraction of sp³-hybridized carbons (Fsp3) is 0. The fourth-order valence-electron chi connectivity index (χ4n) is 7.30. The molecule has 262 valence electrons. The summed E-state index contributed by atoms with van der Waals surface area (Å²) in [6.07, 6.45) is 0. The summed E-state index contributed by atoms with van der Waals surface area (Å²) in [4.78, 5) is 14.7. The van der Waals surface area contributed by atoms with Gasteiger partial charge in [0.15, 0.2) is 17.5 Å². The maximum Gasteiger partial charge on any atom is 0.164 e. The molecule has 0 saturated heterocycles. The molecule has 0 unspecified atom stereocenters. The molecule has 0 N–H and O–H groups in total. The van der Waals surface area contributed by atoms with E-state index in [0.29, 0.717) is 48.9 Å². The molecule has 0 spiro atoms. The highest BCUT2D eigenvalue weighted by atomic mass is 32.1. The molecule has 4 nitrogen and oxygen atoms in total. The summed E-state index contributed by atoms with van der Waals surface area (Å²) in [6.45, 7) is 0. The van der Waals surface area contributed by atoms with E-state index >= 15 is 0 Å². The predicted octanol–water partition coefficient (Wildman–Crippen LogP) is 14.1. The first-order chi connectivity index (χ1) is 30.2. The van der Waals surface area contributed by atoms with Crippen LogP contribution in [0.25, 0.3) is 110 Å².